The maximum Gasteiger partial charge on any atom is 0.138 e. The predicted molar refractivity (Wildman–Crippen MR) is 126 cm³/mol. The number of pyridine rings is 1. The summed E-state index contributed by atoms with van der Waals surface area (Å²) >= 11 is 3.46. The zero-order valence-electron chi connectivity index (χ0n) is 17.9. The van der Waals surface area contributed by atoms with Crippen LogP contribution in [0.2, 0.25) is 0 Å². The molecule has 2 aromatic heterocycles. The molecule has 0 saturated carbocycles. The third kappa shape index (κ3) is 3.62. The summed E-state index contributed by atoms with van der Waals surface area (Å²) in [5, 5.41) is 20.9. The van der Waals surface area contributed by atoms with E-state index in [1.54, 1.807) is 13.0 Å². The normalized spacial score (nSPS) is 15.2. The van der Waals surface area contributed by atoms with E-state index in [1.807, 2.05) is 47.9 Å². The number of benzene rings is 2. The number of rotatable bonds is 2. The summed E-state index contributed by atoms with van der Waals surface area (Å²) in [6, 6.07) is 16.0. The molecule has 1 aliphatic heterocycles. The van der Waals surface area contributed by atoms with Crippen molar-refractivity contribution in [2.75, 3.05) is 0 Å². The van der Waals surface area contributed by atoms with Gasteiger partial charge in [-0.1, -0.05) is 28.1 Å². The molecule has 164 valence electrons. The Labute approximate surface area is 198 Å². The van der Waals surface area contributed by atoms with Crippen molar-refractivity contribution in [1.29, 1.82) is 5.26 Å². The van der Waals surface area contributed by atoms with Gasteiger partial charge in [-0.3, -0.25) is 0 Å². The first-order chi connectivity index (χ1) is 15.9. The number of aromatic nitrogens is 2. The number of aryl methyl sites for hydroxylation is 1. The lowest BCUT2D eigenvalue weighted by atomic mass is 9.89. The highest BCUT2D eigenvalue weighted by Crippen LogP contribution is 2.40. The highest BCUT2D eigenvalue weighted by atomic mass is 79.9. The number of halogens is 2. The van der Waals surface area contributed by atoms with Crippen LogP contribution in [-0.4, -0.2) is 14.5 Å². The molecule has 1 aliphatic rings. The van der Waals surface area contributed by atoms with Crippen LogP contribution in [0.1, 0.15) is 46.7 Å². The summed E-state index contributed by atoms with van der Waals surface area (Å²) in [7, 11) is 0. The molecule has 5 rings (SSSR count). The largest absolute Gasteiger partial charge is 0.488 e. The molecule has 1 atom stereocenters. The van der Waals surface area contributed by atoms with E-state index in [0.29, 0.717) is 33.7 Å². The van der Waals surface area contributed by atoms with Gasteiger partial charge in [0.2, 0.25) is 0 Å². The van der Waals surface area contributed by atoms with Crippen molar-refractivity contribution in [2.24, 2.45) is 0 Å². The van der Waals surface area contributed by atoms with Crippen LogP contribution in [0.3, 0.4) is 0 Å². The molecule has 0 bridgehead atoms. The Bertz CT molecular complexity index is 1500. The number of aliphatic hydroxyl groups excluding tert-OH is 1. The maximum absolute atomic E-state index is 13.9. The Hall–Kier alpha value is -3.47. The summed E-state index contributed by atoms with van der Waals surface area (Å²) < 4.78 is 22.6. The van der Waals surface area contributed by atoms with E-state index >= 15 is 0 Å². The summed E-state index contributed by atoms with van der Waals surface area (Å²) in [4.78, 5) is 4.57. The zero-order valence-corrected chi connectivity index (χ0v) is 19.5. The molecule has 4 aromatic rings. The van der Waals surface area contributed by atoms with Gasteiger partial charge in [0, 0.05) is 33.4 Å². The summed E-state index contributed by atoms with van der Waals surface area (Å²) in [5.41, 5.74) is 6.35. The van der Waals surface area contributed by atoms with Gasteiger partial charge in [0.25, 0.3) is 0 Å². The topological polar surface area (TPSA) is 70.5 Å². The number of nitrogens with zero attached hydrogens (tertiary/aromatic N) is 3. The lowest BCUT2D eigenvalue weighted by Crippen LogP contribution is -2.07. The first-order valence-corrected chi connectivity index (χ1v) is 11.2. The van der Waals surface area contributed by atoms with Crippen molar-refractivity contribution in [2.45, 2.75) is 26.6 Å². The van der Waals surface area contributed by atoms with E-state index in [2.05, 4.69) is 27.0 Å². The number of hydrogen-bond donors (Lipinski definition) is 1. The molecule has 33 heavy (non-hydrogen) atoms. The van der Waals surface area contributed by atoms with E-state index in [0.717, 1.165) is 26.9 Å². The second-order valence-corrected chi connectivity index (χ2v) is 8.93. The van der Waals surface area contributed by atoms with Gasteiger partial charge in [-0.15, -0.1) is 0 Å². The fraction of sp³-hybridized carbons (Fsp3) is 0.154. The van der Waals surface area contributed by atoms with Crippen molar-refractivity contribution < 1.29 is 14.2 Å². The van der Waals surface area contributed by atoms with Crippen LogP contribution in [0.5, 0.6) is 5.75 Å². The molecule has 0 spiro atoms. The van der Waals surface area contributed by atoms with Gasteiger partial charge in [0.1, 0.15) is 29.9 Å². The van der Waals surface area contributed by atoms with Crippen molar-refractivity contribution in [3.8, 4) is 11.8 Å². The van der Waals surface area contributed by atoms with Crippen molar-refractivity contribution >= 4 is 27.2 Å². The van der Waals surface area contributed by atoms with E-state index < -0.39 is 11.9 Å². The van der Waals surface area contributed by atoms with Crippen molar-refractivity contribution in [1.82, 2.24) is 9.38 Å². The lowest BCUT2D eigenvalue weighted by Gasteiger charge is -2.16. The number of hydrogen-bond acceptors (Lipinski definition) is 4. The van der Waals surface area contributed by atoms with E-state index in [4.69, 9.17) is 4.74 Å². The Morgan fingerprint density at radius 1 is 1.21 bits per heavy atom. The highest BCUT2D eigenvalue weighted by molar-refractivity contribution is 9.10. The second-order valence-electron chi connectivity index (χ2n) is 8.02. The molecule has 1 N–H and O–H groups in total. The Morgan fingerprint density at radius 2 is 2.00 bits per heavy atom. The standard InChI is InChI=1S/C26H19BrFN3O2/c1-14(12-29)24-20-5-3-16(9-17(20)13-33-22-11-19(28)4-6-21(22)24)26(32)25-15(2)30-23-10-18(27)7-8-31(23)25/h3-11,26,32H,13H2,1-2H3. The second kappa shape index (κ2) is 8.14. The first kappa shape index (κ1) is 21.4. The number of aliphatic hydroxyl groups is 1. The smallest absolute Gasteiger partial charge is 0.138 e. The van der Waals surface area contributed by atoms with Crippen molar-refractivity contribution in [3.05, 3.63) is 104 Å². The number of fused-ring (bicyclic) bond motifs is 3. The molecule has 5 nitrogen and oxygen atoms in total. The molecule has 1 unspecified atom stereocenters. The third-order valence-corrected chi connectivity index (χ3v) is 6.41. The molecular formula is C26H19BrFN3O2. The lowest BCUT2D eigenvalue weighted by molar-refractivity contribution is 0.213. The van der Waals surface area contributed by atoms with E-state index in [9.17, 15) is 14.8 Å². The zero-order chi connectivity index (χ0) is 23.3. The Kier molecular flexibility index (Phi) is 5.28. The number of allylic oxidation sites excluding steroid dienone is 1. The van der Waals surface area contributed by atoms with E-state index in [1.165, 1.54) is 12.1 Å². The van der Waals surface area contributed by atoms with Gasteiger partial charge in [-0.2, -0.15) is 5.26 Å². The van der Waals surface area contributed by atoms with Crippen LogP contribution in [0.4, 0.5) is 4.39 Å². The summed E-state index contributed by atoms with van der Waals surface area (Å²) in [6.45, 7) is 3.79. The molecule has 0 amide bonds. The number of imidazole rings is 1. The fourth-order valence-electron chi connectivity index (χ4n) is 4.37. The molecular weight excluding hydrogens is 485 g/mol. The molecule has 3 heterocycles. The number of ether oxygens (including phenoxy) is 1. The van der Waals surface area contributed by atoms with Crippen LogP contribution in [0, 0.1) is 24.1 Å². The molecule has 0 radical (unpaired) electrons. The minimum absolute atomic E-state index is 0.188. The van der Waals surface area contributed by atoms with Crippen LogP contribution in [-0.2, 0) is 6.61 Å². The van der Waals surface area contributed by atoms with Gasteiger partial charge in [0.15, 0.2) is 0 Å². The van der Waals surface area contributed by atoms with Gasteiger partial charge >= 0.3 is 0 Å². The molecule has 0 fully saturated rings. The minimum Gasteiger partial charge on any atom is -0.488 e. The summed E-state index contributed by atoms with van der Waals surface area (Å²) in [5.74, 6) is -0.0133. The van der Waals surface area contributed by atoms with Crippen LogP contribution < -0.4 is 4.74 Å². The molecule has 7 heteroatoms. The van der Waals surface area contributed by atoms with Crippen LogP contribution in [0.15, 0.2) is 64.8 Å². The van der Waals surface area contributed by atoms with Gasteiger partial charge < -0.3 is 14.2 Å². The minimum atomic E-state index is -0.918. The van der Waals surface area contributed by atoms with Gasteiger partial charge in [0.05, 0.1) is 17.5 Å². The predicted octanol–water partition coefficient (Wildman–Crippen LogP) is 5.86. The van der Waals surface area contributed by atoms with E-state index in [-0.39, 0.29) is 6.61 Å². The molecule has 0 saturated heterocycles. The fourth-order valence-corrected chi connectivity index (χ4v) is 4.70. The molecule has 0 aliphatic carbocycles. The van der Waals surface area contributed by atoms with Gasteiger partial charge in [-0.05, 0) is 60.9 Å². The average Bonchev–Trinajstić information content (AvgIpc) is 3.03. The SMILES string of the molecule is CC(C#N)=C1c2ccc(C(O)c3c(C)nc4cc(Br)ccn34)cc2COc2cc(F)ccc21. The van der Waals surface area contributed by atoms with Crippen LogP contribution >= 0.6 is 15.9 Å². The first-order valence-electron chi connectivity index (χ1n) is 10.4. The van der Waals surface area contributed by atoms with Crippen molar-refractivity contribution in [3.63, 3.8) is 0 Å². The highest BCUT2D eigenvalue weighted by Gasteiger charge is 2.25. The Morgan fingerprint density at radius 3 is 2.79 bits per heavy atom. The van der Waals surface area contributed by atoms with Crippen LogP contribution in [0.25, 0.3) is 11.2 Å². The Balaban J connectivity index is 1.64. The number of nitriles is 1. The molecule has 2 aromatic carbocycles. The summed E-state index contributed by atoms with van der Waals surface area (Å²) in [6.07, 6.45) is 0.950. The quantitative estimate of drug-likeness (QED) is 0.347. The average molecular weight is 504 g/mol. The maximum atomic E-state index is 13.9. The third-order valence-electron chi connectivity index (χ3n) is 5.92. The monoisotopic (exact) mass is 503 g/mol. The van der Waals surface area contributed by atoms with Gasteiger partial charge in [-0.25, -0.2) is 9.37 Å².